The Bertz CT molecular complexity index is 1560. The Hall–Kier alpha value is -2.52. The third kappa shape index (κ3) is 8.85. The number of amides is 1. The van der Waals surface area contributed by atoms with E-state index in [2.05, 4.69) is 32.3 Å². The highest BCUT2D eigenvalue weighted by Gasteiger charge is 2.40. The molecule has 2 aliphatic heterocycles. The predicted molar refractivity (Wildman–Crippen MR) is 185 cm³/mol. The molecular formula is C32H43N5O5S3. The Labute approximate surface area is 276 Å². The first-order valence-corrected chi connectivity index (χ1v) is 17.9. The van der Waals surface area contributed by atoms with Crippen molar-refractivity contribution in [3.8, 4) is 5.75 Å². The number of thioether (sulfide) groups is 1. The van der Waals surface area contributed by atoms with Crippen LogP contribution in [0.25, 0.3) is 10.2 Å². The van der Waals surface area contributed by atoms with E-state index >= 15 is 0 Å². The minimum atomic E-state index is -0.230. The first kappa shape index (κ1) is 33.8. The number of rotatable bonds is 12. The molecule has 0 bridgehead atoms. The van der Waals surface area contributed by atoms with Crippen LogP contribution in [-0.2, 0) is 27.1 Å². The number of aliphatic imine (C=N–C) groups is 1. The Morgan fingerprint density at radius 3 is 2.76 bits per heavy atom. The van der Waals surface area contributed by atoms with Crippen molar-refractivity contribution in [1.29, 1.82) is 0 Å². The number of carbonyl (C=O) groups excluding carboxylic acids is 1. The van der Waals surface area contributed by atoms with Gasteiger partial charge in [-0.3, -0.25) is 14.6 Å². The summed E-state index contributed by atoms with van der Waals surface area (Å²) >= 11 is 4.44. The van der Waals surface area contributed by atoms with Crippen LogP contribution in [0.4, 0.5) is 0 Å². The zero-order valence-corrected chi connectivity index (χ0v) is 28.6. The largest absolute Gasteiger partial charge is 0.506 e. The minimum absolute atomic E-state index is 0.0496. The zero-order valence-electron chi connectivity index (χ0n) is 26.2. The highest BCUT2D eigenvalue weighted by molar-refractivity contribution is 8.16. The molecule has 4 heterocycles. The monoisotopic (exact) mass is 673 g/mol. The number of ether oxygens (including phenoxy) is 2. The number of nitrogens with one attached hydrogen (secondary N) is 2. The van der Waals surface area contributed by atoms with Crippen LogP contribution < -0.4 is 10.2 Å². The molecule has 45 heavy (non-hydrogen) atoms. The number of nitrogens with zero attached hydrogens (tertiary/aromatic N) is 3. The first-order chi connectivity index (χ1) is 21.8. The number of benzene rings is 1. The van der Waals surface area contributed by atoms with E-state index in [9.17, 15) is 14.7 Å². The van der Waals surface area contributed by atoms with Gasteiger partial charge < -0.3 is 34.7 Å². The summed E-state index contributed by atoms with van der Waals surface area (Å²) in [6.07, 6.45) is 5.28. The fourth-order valence-corrected chi connectivity index (χ4v) is 8.29. The molecule has 5 rings (SSSR count). The number of fused-ring (bicyclic) bond motifs is 1. The molecule has 2 aromatic heterocycles. The number of H-pyrrole nitrogens is 1. The number of thiazole rings is 1. The maximum Gasteiger partial charge on any atom is 0.305 e. The number of aromatic hydroxyl groups is 1. The molecule has 1 aromatic carbocycles. The molecular weight excluding hydrogens is 631 g/mol. The Kier molecular flexibility index (Phi) is 11.9. The van der Waals surface area contributed by atoms with Gasteiger partial charge in [-0.25, -0.2) is 0 Å². The number of hydrogen-bond donors (Lipinski definition) is 3. The smallest absolute Gasteiger partial charge is 0.305 e. The number of carbonyl (C=O) groups is 1. The normalized spacial score (nSPS) is 18.4. The maximum atomic E-state index is 12.8. The number of piperidine rings is 1. The van der Waals surface area contributed by atoms with E-state index in [4.69, 9.17) is 9.47 Å². The lowest BCUT2D eigenvalue weighted by molar-refractivity contribution is -0.155. The Morgan fingerprint density at radius 1 is 1.22 bits per heavy atom. The fraction of sp³-hybridized carbons (Fsp3) is 0.531. The molecule has 1 spiro atoms. The molecule has 0 aliphatic carbocycles. The van der Waals surface area contributed by atoms with Crippen LogP contribution in [0.5, 0.6) is 5.75 Å². The van der Waals surface area contributed by atoms with Gasteiger partial charge in [0.05, 0.1) is 34.6 Å². The average Bonchev–Trinajstić information content (AvgIpc) is 3.68. The van der Waals surface area contributed by atoms with E-state index in [1.165, 1.54) is 21.5 Å². The molecule has 1 atom stereocenters. The zero-order chi connectivity index (χ0) is 31.8. The maximum absolute atomic E-state index is 12.8. The second kappa shape index (κ2) is 15.9. The molecule has 1 amide bonds. The molecule has 2 aliphatic rings. The van der Waals surface area contributed by atoms with E-state index < -0.39 is 0 Å². The topological polar surface area (TPSA) is 119 Å². The lowest BCUT2D eigenvalue weighted by Crippen LogP contribution is -2.57. The van der Waals surface area contributed by atoms with Gasteiger partial charge in [-0.15, -0.1) is 11.3 Å². The lowest BCUT2D eigenvalue weighted by Gasteiger charge is -2.47. The van der Waals surface area contributed by atoms with Crippen molar-refractivity contribution in [3.05, 3.63) is 60.7 Å². The van der Waals surface area contributed by atoms with Crippen molar-refractivity contribution in [1.82, 2.24) is 20.1 Å². The summed E-state index contributed by atoms with van der Waals surface area (Å²) in [7, 11) is 3.42. The standard InChI is InChI=1S/C32H43N5O5S3/c1-22(33-2)43-19-10-28(39)37-17-18-42-32(21-37)11-15-36(16-12-32)14-9-24-5-4-23(44-24)8-13-34-20-27(41-3)25-6-7-26(38)29-30(25)45-31(40)35-29/h4-7,10,19,27,34,38H,8-9,11-18,20-21H2,1-3H3,(H,35,40)/b19-10+,33-22?/t27-/m0/s1. The summed E-state index contributed by atoms with van der Waals surface area (Å²) in [4.78, 5) is 38.5. The molecule has 244 valence electrons. The van der Waals surface area contributed by atoms with Crippen molar-refractivity contribution in [3.63, 3.8) is 0 Å². The molecule has 10 nitrogen and oxygen atoms in total. The molecule has 0 radical (unpaired) electrons. The van der Waals surface area contributed by atoms with Gasteiger partial charge >= 0.3 is 4.87 Å². The number of phenols is 1. The van der Waals surface area contributed by atoms with Gasteiger partial charge in [0.2, 0.25) is 5.91 Å². The third-order valence-corrected chi connectivity index (χ3v) is 11.5. The highest BCUT2D eigenvalue weighted by Crippen LogP contribution is 2.33. The number of thiophene rings is 1. The van der Waals surface area contributed by atoms with Crippen LogP contribution >= 0.6 is 34.4 Å². The lowest BCUT2D eigenvalue weighted by atomic mass is 9.89. The van der Waals surface area contributed by atoms with Gasteiger partial charge in [-0.1, -0.05) is 29.2 Å². The van der Waals surface area contributed by atoms with Crippen LogP contribution in [-0.4, -0.2) is 103 Å². The van der Waals surface area contributed by atoms with Crippen LogP contribution in [0.3, 0.4) is 0 Å². The third-order valence-electron chi connectivity index (χ3n) is 8.58. The van der Waals surface area contributed by atoms with Crippen molar-refractivity contribution in [2.45, 2.75) is 44.3 Å². The van der Waals surface area contributed by atoms with E-state index in [1.54, 1.807) is 26.3 Å². The molecule has 2 saturated heterocycles. The summed E-state index contributed by atoms with van der Waals surface area (Å²) in [5.41, 5.74) is 1.13. The van der Waals surface area contributed by atoms with Gasteiger partial charge in [0.25, 0.3) is 0 Å². The van der Waals surface area contributed by atoms with Crippen molar-refractivity contribution in [2.24, 2.45) is 4.99 Å². The van der Waals surface area contributed by atoms with E-state index in [0.717, 1.165) is 78.5 Å². The fourth-order valence-electron chi connectivity index (χ4n) is 5.89. The summed E-state index contributed by atoms with van der Waals surface area (Å²) in [5.74, 6) is 0.122. The van der Waals surface area contributed by atoms with Gasteiger partial charge in [0, 0.05) is 74.8 Å². The quantitative estimate of drug-likeness (QED) is 0.112. The van der Waals surface area contributed by atoms with Crippen LogP contribution in [0.15, 0.2) is 45.5 Å². The minimum Gasteiger partial charge on any atom is -0.506 e. The number of morpholine rings is 1. The van der Waals surface area contributed by atoms with Crippen LogP contribution in [0.2, 0.25) is 0 Å². The van der Waals surface area contributed by atoms with Gasteiger partial charge in [0.1, 0.15) is 11.3 Å². The molecule has 2 fully saturated rings. The summed E-state index contributed by atoms with van der Waals surface area (Å²) in [6.45, 7) is 8.25. The number of methoxy groups -OCH3 is 1. The Balaban J connectivity index is 1.02. The van der Waals surface area contributed by atoms with Crippen LogP contribution in [0, 0.1) is 0 Å². The van der Waals surface area contributed by atoms with Gasteiger partial charge in [-0.2, -0.15) is 0 Å². The average molecular weight is 674 g/mol. The second-order valence-corrected chi connectivity index (χ2v) is 14.8. The van der Waals surface area contributed by atoms with Gasteiger partial charge in [-0.05, 0) is 56.2 Å². The Morgan fingerprint density at radius 2 is 2.00 bits per heavy atom. The molecule has 13 heteroatoms. The van der Waals surface area contributed by atoms with Crippen LogP contribution in [0.1, 0.15) is 41.2 Å². The van der Waals surface area contributed by atoms with Crippen molar-refractivity contribution >= 4 is 55.6 Å². The predicted octanol–water partition coefficient (Wildman–Crippen LogP) is 4.41. The second-order valence-electron chi connectivity index (χ2n) is 11.5. The number of hydrogen-bond acceptors (Lipinski definition) is 11. The van der Waals surface area contributed by atoms with Gasteiger partial charge in [0.15, 0.2) is 0 Å². The molecule has 3 aromatic rings. The molecule has 0 saturated carbocycles. The molecule has 3 N–H and O–H groups in total. The van der Waals surface area contributed by atoms with Crippen molar-refractivity contribution < 1.29 is 19.4 Å². The molecule has 0 unspecified atom stereocenters. The van der Waals surface area contributed by atoms with E-state index in [0.29, 0.717) is 31.8 Å². The summed E-state index contributed by atoms with van der Waals surface area (Å²) in [6, 6.07) is 7.91. The summed E-state index contributed by atoms with van der Waals surface area (Å²) < 4.78 is 12.7. The highest BCUT2D eigenvalue weighted by atomic mass is 32.2. The van der Waals surface area contributed by atoms with Crippen molar-refractivity contribution in [2.75, 3.05) is 66.6 Å². The number of likely N-dealkylation sites (tertiary alicyclic amines) is 1. The SMILES string of the molecule is CN=C(C)S/C=C/C(=O)N1CCOC2(CCN(CCc3ccc(CCNC[C@H](OC)c4ccc(O)c5[nH]c(=O)sc45)s3)CC2)C1. The van der Waals surface area contributed by atoms with E-state index in [1.807, 2.05) is 34.6 Å². The van der Waals surface area contributed by atoms with E-state index in [-0.39, 0.29) is 28.2 Å². The number of aromatic amines is 1. The summed E-state index contributed by atoms with van der Waals surface area (Å²) in [5, 5.41) is 16.3. The first-order valence-electron chi connectivity index (χ1n) is 15.4. The number of phenolic OH excluding ortho intramolecular Hbond substituents is 1. The number of aromatic nitrogens is 1.